The van der Waals surface area contributed by atoms with Crippen LogP contribution in [-0.2, 0) is 16.8 Å². The van der Waals surface area contributed by atoms with E-state index in [4.69, 9.17) is 9.97 Å². The monoisotopic (exact) mass is 649 g/mol. The van der Waals surface area contributed by atoms with Crippen LogP contribution in [-0.4, -0.2) is 49.1 Å². The molecule has 0 aliphatic carbocycles. The Morgan fingerprint density at radius 1 is 0.378 bits per heavy atom. The summed E-state index contributed by atoms with van der Waals surface area (Å²) in [6.07, 6.45) is 7.49. The van der Waals surface area contributed by atoms with E-state index >= 15 is 0 Å². The van der Waals surface area contributed by atoms with Crippen molar-refractivity contribution in [2.75, 3.05) is 0 Å². The normalized spacial score (nSPS) is 10.9. The van der Waals surface area contributed by atoms with Crippen LogP contribution in [0, 0.1) is 83.1 Å². The molecule has 0 bridgehead atoms. The van der Waals surface area contributed by atoms with Crippen LogP contribution in [0.3, 0.4) is 0 Å². The summed E-state index contributed by atoms with van der Waals surface area (Å²) in [6, 6.07) is 4.15. The molecular weight excluding hydrogens is 607 g/mol. The Morgan fingerprint density at radius 2 is 0.644 bits per heavy atom. The standard InChI is InChI=1S/2C17H21N5.Co/c2*1-10-7-16(21-14(5)11(2)8-18-21)20-17(13(10)4)22-15(6)12(3)9-19-22;/h2*7-9H,1-6H3;/q;;+2. The van der Waals surface area contributed by atoms with E-state index in [0.717, 1.165) is 79.4 Å². The largest absolute Gasteiger partial charge is 2.00 e. The Morgan fingerprint density at radius 3 is 0.889 bits per heavy atom. The molecule has 0 saturated carbocycles. The van der Waals surface area contributed by atoms with E-state index in [2.05, 4.69) is 116 Å². The number of hydrogen-bond donors (Lipinski definition) is 0. The molecule has 0 amide bonds. The summed E-state index contributed by atoms with van der Waals surface area (Å²) in [6.45, 7) is 24.8. The number of aromatic nitrogens is 10. The summed E-state index contributed by atoms with van der Waals surface area (Å²) in [4.78, 5) is 9.65. The van der Waals surface area contributed by atoms with Gasteiger partial charge in [-0.15, -0.1) is 0 Å². The second kappa shape index (κ2) is 12.9. The van der Waals surface area contributed by atoms with Gasteiger partial charge in [0.25, 0.3) is 0 Å². The minimum absolute atomic E-state index is 0. The molecule has 45 heavy (non-hydrogen) atoms. The fraction of sp³-hybridized carbons (Fsp3) is 0.353. The van der Waals surface area contributed by atoms with E-state index in [1.165, 1.54) is 11.1 Å². The van der Waals surface area contributed by atoms with Crippen LogP contribution in [0.2, 0.25) is 0 Å². The molecule has 6 aromatic rings. The van der Waals surface area contributed by atoms with Crippen LogP contribution >= 0.6 is 0 Å². The summed E-state index contributed by atoms with van der Waals surface area (Å²) in [5, 5.41) is 17.8. The second-order valence-electron chi connectivity index (χ2n) is 11.8. The molecule has 0 spiro atoms. The van der Waals surface area contributed by atoms with Crippen LogP contribution < -0.4 is 0 Å². The maximum absolute atomic E-state index is 4.82. The topological polar surface area (TPSA) is 97.1 Å². The maximum atomic E-state index is 4.82. The number of hydrogen-bond acceptors (Lipinski definition) is 6. The van der Waals surface area contributed by atoms with E-state index in [-0.39, 0.29) is 16.8 Å². The van der Waals surface area contributed by atoms with Crippen molar-refractivity contribution in [3.05, 3.63) is 104 Å². The van der Waals surface area contributed by atoms with E-state index in [1.54, 1.807) is 0 Å². The van der Waals surface area contributed by atoms with Crippen LogP contribution in [0.1, 0.15) is 67.3 Å². The molecule has 6 aromatic heterocycles. The Hall–Kier alpha value is -4.35. The Balaban J connectivity index is 0.000000200. The summed E-state index contributed by atoms with van der Waals surface area (Å²) in [7, 11) is 0. The van der Waals surface area contributed by atoms with Gasteiger partial charge in [-0.2, -0.15) is 20.4 Å². The Labute approximate surface area is 275 Å². The first-order chi connectivity index (χ1) is 20.8. The van der Waals surface area contributed by atoms with Gasteiger partial charge in [0.2, 0.25) is 0 Å². The third kappa shape index (κ3) is 6.14. The van der Waals surface area contributed by atoms with E-state index in [1.807, 2.05) is 43.5 Å². The SMILES string of the molecule is Cc1cc(-n2ncc(C)c2C)nc(-n2ncc(C)c2C)c1C.Cc1cc(-n2ncc(C)c2C)nc(-n2ncc(C)c2C)c1C.[Co+2]. The molecule has 0 aliphatic rings. The van der Waals surface area contributed by atoms with Gasteiger partial charge in [0.15, 0.2) is 23.3 Å². The van der Waals surface area contributed by atoms with Crippen molar-refractivity contribution in [1.29, 1.82) is 0 Å². The summed E-state index contributed by atoms with van der Waals surface area (Å²) < 4.78 is 7.59. The smallest absolute Gasteiger partial charge is 0.219 e. The fourth-order valence-corrected chi connectivity index (χ4v) is 4.89. The summed E-state index contributed by atoms with van der Waals surface area (Å²) >= 11 is 0. The first-order valence-corrected chi connectivity index (χ1v) is 14.8. The number of rotatable bonds is 4. The average Bonchev–Trinajstić information content (AvgIpc) is 3.72. The second-order valence-corrected chi connectivity index (χ2v) is 11.8. The number of aryl methyl sites for hydroxylation is 6. The van der Waals surface area contributed by atoms with Gasteiger partial charge in [-0.25, -0.2) is 28.7 Å². The number of pyridine rings is 2. The van der Waals surface area contributed by atoms with Gasteiger partial charge >= 0.3 is 16.8 Å². The van der Waals surface area contributed by atoms with E-state index in [0.29, 0.717) is 0 Å². The van der Waals surface area contributed by atoms with Gasteiger partial charge in [0.1, 0.15) is 0 Å². The first-order valence-electron chi connectivity index (χ1n) is 14.8. The van der Waals surface area contributed by atoms with Crippen molar-refractivity contribution in [3.63, 3.8) is 0 Å². The quantitative estimate of drug-likeness (QED) is 0.213. The van der Waals surface area contributed by atoms with Crippen molar-refractivity contribution in [1.82, 2.24) is 49.1 Å². The van der Waals surface area contributed by atoms with Crippen molar-refractivity contribution < 1.29 is 16.8 Å². The molecule has 0 aromatic carbocycles. The van der Waals surface area contributed by atoms with Gasteiger partial charge in [-0.3, -0.25) is 0 Å². The maximum Gasteiger partial charge on any atom is 2.00 e. The molecule has 6 rings (SSSR count). The number of nitrogens with zero attached hydrogens (tertiary/aromatic N) is 10. The molecule has 11 heteroatoms. The van der Waals surface area contributed by atoms with Crippen LogP contribution in [0.15, 0.2) is 36.9 Å². The minimum atomic E-state index is 0. The Bertz CT molecular complexity index is 1860. The third-order valence-electron chi connectivity index (χ3n) is 8.84. The molecule has 235 valence electrons. The predicted molar refractivity (Wildman–Crippen MR) is 174 cm³/mol. The predicted octanol–water partition coefficient (Wildman–Crippen LogP) is 6.60. The van der Waals surface area contributed by atoms with Gasteiger partial charge in [0.05, 0.1) is 24.8 Å². The fourth-order valence-electron chi connectivity index (χ4n) is 4.89. The molecule has 0 saturated heterocycles. The molecule has 6 heterocycles. The third-order valence-corrected chi connectivity index (χ3v) is 8.84. The first kappa shape index (κ1) is 33.5. The van der Waals surface area contributed by atoms with Gasteiger partial charge in [0, 0.05) is 22.8 Å². The minimum Gasteiger partial charge on any atom is -0.219 e. The van der Waals surface area contributed by atoms with E-state index < -0.39 is 0 Å². The molecule has 10 nitrogen and oxygen atoms in total. The molecule has 0 N–H and O–H groups in total. The zero-order valence-corrected chi connectivity index (χ0v) is 29.3. The summed E-state index contributed by atoms with van der Waals surface area (Å²) in [5.41, 5.74) is 13.7. The van der Waals surface area contributed by atoms with Crippen molar-refractivity contribution in [3.8, 4) is 23.3 Å². The van der Waals surface area contributed by atoms with Crippen LogP contribution in [0.4, 0.5) is 0 Å². The molecule has 0 atom stereocenters. The van der Waals surface area contributed by atoms with E-state index in [9.17, 15) is 0 Å². The molecule has 0 aliphatic heterocycles. The molecule has 1 radical (unpaired) electrons. The summed E-state index contributed by atoms with van der Waals surface area (Å²) in [5.74, 6) is 3.40. The van der Waals surface area contributed by atoms with Crippen molar-refractivity contribution in [2.24, 2.45) is 0 Å². The van der Waals surface area contributed by atoms with Gasteiger partial charge in [-0.1, -0.05) is 0 Å². The average molecular weight is 650 g/mol. The zero-order chi connectivity index (χ0) is 32.0. The zero-order valence-electron chi connectivity index (χ0n) is 28.3. The molecular formula is C34H42CoN10+2. The van der Waals surface area contributed by atoms with Crippen LogP contribution in [0.25, 0.3) is 23.3 Å². The Kier molecular flexibility index (Phi) is 9.64. The molecule has 0 unspecified atom stereocenters. The van der Waals surface area contributed by atoms with Gasteiger partial charge in [-0.05, 0) is 140 Å². The molecule has 0 fully saturated rings. The van der Waals surface area contributed by atoms with Crippen LogP contribution in [0.5, 0.6) is 0 Å². The van der Waals surface area contributed by atoms with Crippen molar-refractivity contribution >= 4 is 0 Å². The van der Waals surface area contributed by atoms with Gasteiger partial charge < -0.3 is 0 Å². The van der Waals surface area contributed by atoms with Crippen molar-refractivity contribution in [2.45, 2.75) is 83.1 Å².